The van der Waals surface area contributed by atoms with Crippen molar-refractivity contribution in [2.75, 3.05) is 0 Å². The number of rotatable bonds is 4. The van der Waals surface area contributed by atoms with Gasteiger partial charge in [0.25, 0.3) is 0 Å². The van der Waals surface area contributed by atoms with Crippen LogP contribution >= 0.6 is 0 Å². The van der Waals surface area contributed by atoms with Gasteiger partial charge in [0.1, 0.15) is 5.83 Å². The molecule has 4 heteroatoms. The molecule has 0 unspecified atom stereocenters. The second-order valence-corrected chi connectivity index (χ2v) is 6.25. The molecule has 0 bridgehead atoms. The van der Waals surface area contributed by atoms with Crippen LogP contribution in [0.3, 0.4) is 0 Å². The molecule has 1 aliphatic rings. The summed E-state index contributed by atoms with van der Waals surface area (Å²) in [7, 11) is 0. The van der Waals surface area contributed by atoms with E-state index in [1.54, 1.807) is 24.3 Å². The zero-order valence-corrected chi connectivity index (χ0v) is 13.4. The van der Waals surface area contributed by atoms with Crippen LogP contribution in [0.2, 0.25) is 0 Å². The maximum Gasteiger partial charge on any atom is 0.162 e. The van der Waals surface area contributed by atoms with E-state index >= 15 is 0 Å². The Bertz CT molecular complexity index is 744. The van der Waals surface area contributed by atoms with Gasteiger partial charge in [-0.1, -0.05) is 37.6 Å². The van der Waals surface area contributed by atoms with Crippen molar-refractivity contribution in [2.45, 2.75) is 32.6 Å². The predicted molar refractivity (Wildman–Crippen MR) is 86.8 cm³/mol. The van der Waals surface area contributed by atoms with Gasteiger partial charge in [-0.05, 0) is 48.1 Å². The Kier molecular flexibility index (Phi) is 4.74. The number of allylic oxidation sites excluding steroid dienone is 1. The third-order valence-corrected chi connectivity index (χ3v) is 4.49. The molecule has 2 aromatic carbocycles. The summed E-state index contributed by atoms with van der Waals surface area (Å²) >= 11 is 0. The van der Waals surface area contributed by atoms with E-state index < -0.39 is 29.2 Å². The molecule has 1 aliphatic carbocycles. The van der Waals surface area contributed by atoms with Gasteiger partial charge >= 0.3 is 0 Å². The van der Waals surface area contributed by atoms with Gasteiger partial charge in [-0.25, -0.2) is 17.6 Å². The van der Waals surface area contributed by atoms with Crippen LogP contribution in [0, 0.1) is 17.6 Å². The number of aryl methyl sites for hydroxylation is 1. The highest BCUT2D eigenvalue weighted by Gasteiger charge is 2.29. The van der Waals surface area contributed by atoms with E-state index in [0.29, 0.717) is 11.1 Å². The molecule has 3 rings (SSSR count). The zero-order chi connectivity index (χ0) is 17.3. The first-order valence-corrected chi connectivity index (χ1v) is 8.10. The van der Waals surface area contributed by atoms with Gasteiger partial charge in [-0.2, -0.15) is 0 Å². The highest BCUT2D eigenvalue weighted by Crippen LogP contribution is 2.37. The van der Waals surface area contributed by atoms with Gasteiger partial charge in [0.2, 0.25) is 0 Å². The van der Waals surface area contributed by atoms with E-state index in [0.717, 1.165) is 30.5 Å². The molecule has 0 aliphatic heterocycles. The molecule has 2 aromatic rings. The summed E-state index contributed by atoms with van der Waals surface area (Å²) in [6.45, 7) is 2.05. The minimum Gasteiger partial charge on any atom is -0.208 e. The summed E-state index contributed by atoms with van der Waals surface area (Å²) < 4.78 is 55.5. The number of hydrogen-bond donors (Lipinski definition) is 0. The molecule has 0 aromatic heterocycles. The Morgan fingerprint density at radius 1 is 0.958 bits per heavy atom. The lowest BCUT2D eigenvalue weighted by Gasteiger charge is -2.09. The summed E-state index contributed by atoms with van der Waals surface area (Å²) in [6.07, 6.45) is 2.24. The first kappa shape index (κ1) is 16.7. The van der Waals surface area contributed by atoms with Gasteiger partial charge in [0.05, 0.1) is 0 Å². The van der Waals surface area contributed by atoms with Crippen LogP contribution in [0.1, 0.15) is 35.6 Å². The largest absolute Gasteiger partial charge is 0.208 e. The molecule has 0 radical (unpaired) electrons. The summed E-state index contributed by atoms with van der Waals surface area (Å²) in [5, 5.41) is 0. The fraction of sp³-hybridized carbons (Fsp3) is 0.300. The quantitative estimate of drug-likeness (QED) is 0.607. The van der Waals surface area contributed by atoms with Crippen molar-refractivity contribution in [2.24, 2.45) is 5.92 Å². The fourth-order valence-electron chi connectivity index (χ4n) is 3.22. The monoisotopic (exact) mass is 334 g/mol. The van der Waals surface area contributed by atoms with Crippen molar-refractivity contribution in [3.05, 3.63) is 76.1 Å². The van der Waals surface area contributed by atoms with Gasteiger partial charge < -0.3 is 0 Å². The highest BCUT2D eigenvalue weighted by atomic mass is 19.2. The first-order valence-electron chi connectivity index (χ1n) is 8.10. The van der Waals surface area contributed by atoms with Crippen LogP contribution in [0.5, 0.6) is 0 Å². The third-order valence-electron chi connectivity index (χ3n) is 4.49. The summed E-state index contributed by atoms with van der Waals surface area (Å²) in [4.78, 5) is 0. The van der Waals surface area contributed by atoms with Crippen molar-refractivity contribution >= 4 is 5.83 Å². The average Bonchev–Trinajstić information content (AvgIpc) is 2.97. The first-order chi connectivity index (χ1) is 11.5. The molecule has 0 atom stereocenters. The van der Waals surface area contributed by atoms with Crippen molar-refractivity contribution in [3.63, 3.8) is 0 Å². The number of halogens is 4. The third kappa shape index (κ3) is 3.23. The van der Waals surface area contributed by atoms with Crippen LogP contribution in [-0.4, -0.2) is 0 Å². The maximum absolute atomic E-state index is 14.5. The number of benzene rings is 2. The van der Waals surface area contributed by atoms with E-state index in [1.807, 2.05) is 0 Å². The van der Waals surface area contributed by atoms with E-state index in [-0.39, 0.29) is 18.4 Å². The molecule has 0 amide bonds. The van der Waals surface area contributed by atoms with E-state index in [9.17, 15) is 17.6 Å². The molecule has 0 saturated heterocycles. The normalized spacial score (nSPS) is 15.4. The summed E-state index contributed by atoms with van der Waals surface area (Å²) in [5.41, 5.74) is 2.36. The van der Waals surface area contributed by atoms with Gasteiger partial charge in [-0.15, -0.1) is 0 Å². The lowest BCUT2D eigenvalue weighted by molar-refractivity contribution is 0.467. The molecular formula is C20H18F4. The lowest BCUT2D eigenvalue weighted by atomic mass is 10.0. The minimum absolute atomic E-state index is 0.180. The molecule has 0 spiro atoms. The van der Waals surface area contributed by atoms with Crippen LogP contribution in [-0.2, 0) is 19.3 Å². The van der Waals surface area contributed by atoms with Crippen molar-refractivity contribution in [3.8, 4) is 0 Å². The molecule has 0 saturated carbocycles. The van der Waals surface area contributed by atoms with Crippen molar-refractivity contribution < 1.29 is 17.6 Å². The minimum atomic E-state index is -0.953. The summed E-state index contributed by atoms with van der Waals surface area (Å²) in [6, 6.07) is 8.88. The highest BCUT2D eigenvalue weighted by molar-refractivity contribution is 5.62. The van der Waals surface area contributed by atoms with Crippen molar-refractivity contribution in [1.82, 2.24) is 0 Å². The Balaban J connectivity index is 1.82. The van der Waals surface area contributed by atoms with Crippen LogP contribution in [0.15, 0.2) is 42.2 Å². The molecule has 0 N–H and O–H groups in total. The van der Waals surface area contributed by atoms with Gasteiger partial charge in [0, 0.05) is 11.5 Å². The SMILES string of the molecule is CCCc1ccc(C(F)=C(F)C2Cc3cc(F)c(F)cc3C2)cc1. The van der Waals surface area contributed by atoms with E-state index in [2.05, 4.69) is 6.92 Å². The lowest BCUT2D eigenvalue weighted by Crippen LogP contribution is -2.02. The molecule has 0 heterocycles. The zero-order valence-electron chi connectivity index (χ0n) is 13.4. The second kappa shape index (κ2) is 6.80. The Hall–Kier alpha value is -2.10. The predicted octanol–water partition coefficient (Wildman–Crippen LogP) is 5.94. The standard InChI is InChI=1S/C20H18F4/c1-2-3-12-4-6-13(7-5-12)19(23)20(24)16-8-14-10-17(21)18(22)11-15(14)9-16/h4-7,10-11,16H,2-3,8-9H2,1H3. The Morgan fingerprint density at radius 2 is 1.50 bits per heavy atom. The Labute approximate surface area is 138 Å². The van der Waals surface area contributed by atoms with Crippen molar-refractivity contribution in [1.29, 1.82) is 0 Å². The van der Waals surface area contributed by atoms with Gasteiger partial charge in [0.15, 0.2) is 17.5 Å². The van der Waals surface area contributed by atoms with Gasteiger partial charge in [-0.3, -0.25) is 0 Å². The molecule has 0 fully saturated rings. The second-order valence-electron chi connectivity index (χ2n) is 6.25. The smallest absolute Gasteiger partial charge is 0.162 e. The van der Waals surface area contributed by atoms with Crippen LogP contribution in [0.25, 0.3) is 5.83 Å². The molecule has 0 nitrogen and oxygen atoms in total. The fourth-order valence-corrected chi connectivity index (χ4v) is 3.22. The van der Waals surface area contributed by atoms with Crippen LogP contribution in [0.4, 0.5) is 17.6 Å². The van der Waals surface area contributed by atoms with E-state index in [1.165, 1.54) is 0 Å². The maximum atomic E-state index is 14.5. The Morgan fingerprint density at radius 3 is 2.00 bits per heavy atom. The van der Waals surface area contributed by atoms with E-state index in [4.69, 9.17) is 0 Å². The summed E-state index contributed by atoms with van der Waals surface area (Å²) in [5.74, 6) is -4.36. The molecule has 126 valence electrons. The number of hydrogen-bond acceptors (Lipinski definition) is 0. The number of fused-ring (bicyclic) bond motifs is 1. The topological polar surface area (TPSA) is 0 Å². The average molecular weight is 334 g/mol. The molecular weight excluding hydrogens is 316 g/mol. The molecule has 24 heavy (non-hydrogen) atoms. The van der Waals surface area contributed by atoms with Crippen LogP contribution < -0.4 is 0 Å².